The molecular weight excluding hydrogens is 250 g/mol. The van der Waals surface area contributed by atoms with Crippen LogP contribution in [-0.4, -0.2) is 35.6 Å². The third kappa shape index (κ3) is 3.53. The molecule has 1 fully saturated rings. The topological polar surface area (TPSA) is 54.2 Å². The average Bonchev–Trinajstić information content (AvgIpc) is 2.38. The van der Waals surface area contributed by atoms with E-state index in [0.29, 0.717) is 0 Å². The van der Waals surface area contributed by atoms with Crippen molar-refractivity contribution in [1.29, 1.82) is 0 Å². The van der Waals surface area contributed by atoms with Crippen LogP contribution in [0.5, 0.6) is 0 Å². The van der Waals surface area contributed by atoms with Gasteiger partial charge < -0.3 is 16.0 Å². The Kier molecular flexibility index (Phi) is 4.52. The smallest absolute Gasteiger partial charge is 0.168 e. The Labute approximate surface area is 112 Å². The number of aromatic nitrogens is 1. The molecule has 0 spiro atoms. The molecule has 106 valence electrons. The van der Waals surface area contributed by atoms with Crippen molar-refractivity contribution in [2.45, 2.75) is 32.2 Å². The third-order valence-corrected chi connectivity index (χ3v) is 3.42. The number of nitrogens with zero attached hydrogens (tertiary/aromatic N) is 2. The second kappa shape index (κ2) is 6.14. The molecule has 1 saturated heterocycles. The maximum Gasteiger partial charge on any atom is 0.168 e. The normalized spacial score (nSPS) is 17.6. The molecule has 0 aliphatic carbocycles. The Morgan fingerprint density at radius 1 is 1.37 bits per heavy atom. The number of hydrogen-bond donors (Lipinski definition) is 2. The molecule has 0 amide bonds. The molecule has 0 aromatic carbocycles. The van der Waals surface area contributed by atoms with Crippen LogP contribution in [-0.2, 0) is 0 Å². The number of piperidine rings is 1. The number of rotatable bonds is 4. The maximum absolute atomic E-state index is 13.6. The summed E-state index contributed by atoms with van der Waals surface area (Å²) in [6.07, 6.45) is 3.00. The van der Waals surface area contributed by atoms with Gasteiger partial charge in [-0.15, -0.1) is 0 Å². The van der Waals surface area contributed by atoms with Crippen molar-refractivity contribution in [2.75, 3.05) is 30.7 Å². The van der Waals surface area contributed by atoms with Gasteiger partial charge in [-0.05, 0) is 25.8 Å². The van der Waals surface area contributed by atoms with E-state index in [4.69, 9.17) is 5.73 Å². The van der Waals surface area contributed by atoms with Gasteiger partial charge in [0.15, 0.2) is 23.3 Å². The van der Waals surface area contributed by atoms with Gasteiger partial charge >= 0.3 is 0 Å². The van der Waals surface area contributed by atoms with Crippen LogP contribution in [0.15, 0.2) is 6.07 Å². The van der Waals surface area contributed by atoms with Gasteiger partial charge in [0.05, 0.1) is 0 Å². The van der Waals surface area contributed by atoms with Crippen LogP contribution in [0.2, 0.25) is 0 Å². The summed E-state index contributed by atoms with van der Waals surface area (Å²) in [5.41, 5.74) is 5.36. The summed E-state index contributed by atoms with van der Waals surface area (Å²) in [5, 5.41) is 3.02. The fourth-order valence-electron chi connectivity index (χ4n) is 2.39. The average molecular weight is 270 g/mol. The lowest BCUT2D eigenvalue weighted by Crippen LogP contribution is -2.39. The lowest BCUT2D eigenvalue weighted by atomic mass is 10.0. The number of anilines is 2. The summed E-state index contributed by atoms with van der Waals surface area (Å²) >= 11 is 0. The summed E-state index contributed by atoms with van der Waals surface area (Å²) in [6.45, 7) is 5.24. The minimum atomic E-state index is -0.819. The van der Waals surface area contributed by atoms with E-state index in [1.54, 1.807) is 0 Å². The van der Waals surface area contributed by atoms with Gasteiger partial charge in [-0.3, -0.25) is 0 Å². The van der Waals surface area contributed by atoms with E-state index in [-0.39, 0.29) is 17.7 Å². The quantitative estimate of drug-likeness (QED) is 0.881. The van der Waals surface area contributed by atoms with E-state index in [9.17, 15) is 8.78 Å². The first-order valence-electron chi connectivity index (χ1n) is 6.70. The molecule has 0 saturated carbocycles. The molecule has 1 aliphatic heterocycles. The number of pyridine rings is 1. The molecule has 3 N–H and O–H groups in total. The zero-order valence-electron chi connectivity index (χ0n) is 11.1. The highest BCUT2D eigenvalue weighted by Crippen LogP contribution is 2.20. The molecule has 0 radical (unpaired) electrons. The van der Waals surface area contributed by atoms with Gasteiger partial charge in [0.25, 0.3) is 0 Å². The number of halogens is 2. The van der Waals surface area contributed by atoms with E-state index in [2.05, 4.69) is 22.1 Å². The molecule has 4 nitrogen and oxygen atoms in total. The maximum atomic E-state index is 13.6. The molecule has 0 unspecified atom stereocenters. The zero-order chi connectivity index (χ0) is 13.8. The van der Waals surface area contributed by atoms with Crippen LogP contribution in [0.1, 0.15) is 26.2 Å². The van der Waals surface area contributed by atoms with Gasteiger partial charge in [-0.25, -0.2) is 13.8 Å². The first-order chi connectivity index (χ1) is 9.10. The van der Waals surface area contributed by atoms with Gasteiger partial charge in [0.2, 0.25) is 0 Å². The lowest BCUT2D eigenvalue weighted by molar-refractivity contribution is 0.219. The zero-order valence-corrected chi connectivity index (χ0v) is 11.1. The summed E-state index contributed by atoms with van der Waals surface area (Å²) in [5.74, 6) is -1.73. The summed E-state index contributed by atoms with van der Waals surface area (Å²) < 4.78 is 26.6. The van der Waals surface area contributed by atoms with E-state index in [1.807, 2.05) is 0 Å². The number of nitrogens with one attached hydrogen (secondary N) is 1. The van der Waals surface area contributed by atoms with Crippen molar-refractivity contribution in [3.8, 4) is 0 Å². The van der Waals surface area contributed by atoms with E-state index in [1.165, 1.54) is 0 Å². The highest BCUT2D eigenvalue weighted by atomic mass is 19.1. The number of hydrogen-bond acceptors (Lipinski definition) is 4. The molecule has 1 aromatic rings. The summed E-state index contributed by atoms with van der Waals surface area (Å²) in [4.78, 5) is 6.11. The van der Waals surface area contributed by atoms with E-state index >= 15 is 0 Å². The first-order valence-corrected chi connectivity index (χ1v) is 6.70. The van der Waals surface area contributed by atoms with Crippen LogP contribution < -0.4 is 11.1 Å². The van der Waals surface area contributed by atoms with Crippen LogP contribution in [0, 0.1) is 11.6 Å². The number of likely N-dealkylation sites (tertiary alicyclic amines) is 1. The number of nitrogen functional groups attached to an aromatic ring is 1. The summed E-state index contributed by atoms with van der Waals surface area (Å²) in [6, 6.07) is 0.941. The van der Waals surface area contributed by atoms with E-state index in [0.717, 1.165) is 45.0 Å². The predicted octanol–water partition coefficient (Wildman–Crippen LogP) is 2.23. The predicted molar refractivity (Wildman–Crippen MR) is 71.9 cm³/mol. The first kappa shape index (κ1) is 14.0. The molecule has 2 rings (SSSR count). The second-order valence-electron chi connectivity index (χ2n) is 4.95. The Balaban J connectivity index is 1.94. The van der Waals surface area contributed by atoms with Gasteiger partial charge in [0, 0.05) is 25.2 Å². The molecule has 1 aliphatic rings. The number of nitrogens with two attached hydrogens (primary N) is 1. The summed E-state index contributed by atoms with van der Waals surface area (Å²) in [7, 11) is 0. The van der Waals surface area contributed by atoms with Crippen molar-refractivity contribution in [3.05, 3.63) is 17.7 Å². The highest BCUT2D eigenvalue weighted by molar-refractivity contribution is 5.45. The SMILES string of the molecule is CCCN1CCC(Nc2nc(N)c(F)cc2F)CC1. The molecule has 0 atom stereocenters. The van der Waals surface area contributed by atoms with Crippen LogP contribution in [0.25, 0.3) is 0 Å². The Morgan fingerprint density at radius 3 is 2.68 bits per heavy atom. The van der Waals surface area contributed by atoms with Crippen LogP contribution >= 0.6 is 0 Å². The van der Waals surface area contributed by atoms with Crippen molar-refractivity contribution in [2.24, 2.45) is 0 Å². The molecule has 0 bridgehead atoms. The standard InChI is InChI=1S/C13H20F2N4/c1-2-5-19-6-3-9(4-7-19)17-13-11(15)8-10(14)12(16)18-13/h8-9H,2-7H2,1H3,(H3,16,17,18). The second-order valence-corrected chi connectivity index (χ2v) is 4.95. The fraction of sp³-hybridized carbons (Fsp3) is 0.615. The van der Waals surface area contributed by atoms with Gasteiger partial charge in [-0.2, -0.15) is 0 Å². The van der Waals surface area contributed by atoms with Crippen molar-refractivity contribution >= 4 is 11.6 Å². The Bertz CT molecular complexity index is 431. The van der Waals surface area contributed by atoms with Crippen molar-refractivity contribution in [1.82, 2.24) is 9.88 Å². The van der Waals surface area contributed by atoms with Crippen LogP contribution in [0.3, 0.4) is 0 Å². The van der Waals surface area contributed by atoms with E-state index < -0.39 is 11.6 Å². The highest BCUT2D eigenvalue weighted by Gasteiger charge is 2.20. The molecule has 1 aromatic heterocycles. The minimum absolute atomic E-state index is 0.0489. The van der Waals surface area contributed by atoms with Crippen molar-refractivity contribution < 1.29 is 8.78 Å². The molecular formula is C13H20F2N4. The minimum Gasteiger partial charge on any atom is -0.381 e. The Morgan fingerprint density at radius 2 is 2.05 bits per heavy atom. The molecule has 2 heterocycles. The third-order valence-electron chi connectivity index (χ3n) is 3.42. The monoisotopic (exact) mass is 270 g/mol. The lowest BCUT2D eigenvalue weighted by Gasteiger charge is -2.32. The van der Waals surface area contributed by atoms with Crippen molar-refractivity contribution in [3.63, 3.8) is 0 Å². The largest absolute Gasteiger partial charge is 0.381 e. The Hall–Kier alpha value is -1.43. The fourth-order valence-corrected chi connectivity index (χ4v) is 2.39. The van der Waals surface area contributed by atoms with Gasteiger partial charge in [0.1, 0.15) is 0 Å². The van der Waals surface area contributed by atoms with Crippen LogP contribution in [0.4, 0.5) is 20.4 Å². The molecule has 19 heavy (non-hydrogen) atoms. The van der Waals surface area contributed by atoms with Gasteiger partial charge in [-0.1, -0.05) is 6.92 Å². The molecule has 6 heteroatoms.